The molecule has 4 aromatic heterocycles. The molecule has 0 unspecified atom stereocenters. The first-order valence-corrected chi connectivity index (χ1v) is 11.1. The summed E-state index contributed by atoms with van der Waals surface area (Å²) in [5, 5.41) is 4.85. The molecule has 0 fully saturated rings. The fourth-order valence-electron chi connectivity index (χ4n) is 4.06. The smallest absolute Gasteiger partial charge is 0.271 e. The summed E-state index contributed by atoms with van der Waals surface area (Å²) in [5.41, 5.74) is 8.65. The topological polar surface area (TPSA) is 126 Å². The molecule has 2 N–H and O–H groups in total. The van der Waals surface area contributed by atoms with Gasteiger partial charge in [0.2, 0.25) is 0 Å². The number of pyridine rings is 1. The molecule has 176 valence electrons. The van der Waals surface area contributed by atoms with E-state index in [0.29, 0.717) is 39.1 Å². The van der Waals surface area contributed by atoms with Crippen LogP contribution in [0.1, 0.15) is 40.2 Å². The summed E-state index contributed by atoms with van der Waals surface area (Å²) in [6.45, 7) is 5.38. The van der Waals surface area contributed by atoms with Gasteiger partial charge in [0, 0.05) is 23.5 Å². The minimum atomic E-state index is -0.770. The van der Waals surface area contributed by atoms with Crippen LogP contribution in [0.2, 0.25) is 5.15 Å². The standard InChI is InChI=1S/C25H20ClN5O4/c1-12-9-15(14(3)34-18-5-6-19(26)30-20(18)24(27)33)23-16(10-12)21(32)13(2)22(35-23)17-11-29-31-8-4-7-28-25(17)31/h4-11,14H,1-3H3,(H2,27,33)/t14-/m1/s1. The summed E-state index contributed by atoms with van der Waals surface area (Å²) < 4.78 is 14.0. The van der Waals surface area contributed by atoms with Gasteiger partial charge in [-0.2, -0.15) is 5.10 Å². The summed E-state index contributed by atoms with van der Waals surface area (Å²) in [6.07, 6.45) is 4.41. The Balaban J connectivity index is 1.69. The number of ether oxygens (including phenoxy) is 1. The molecule has 1 atom stereocenters. The highest BCUT2D eigenvalue weighted by Gasteiger charge is 2.23. The maximum absolute atomic E-state index is 13.4. The number of aryl methyl sites for hydroxylation is 1. The lowest BCUT2D eigenvalue weighted by molar-refractivity contribution is 0.0988. The van der Waals surface area contributed by atoms with E-state index in [0.717, 1.165) is 5.56 Å². The molecule has 0 radical (unpaired) electrons. The highest BCUT2D eigenvalue weighted by Crippen LogP contribution is 2.34. The van der Waals surface area contributed by atoms with E-state index in [9.17, 15) is 9.59 Å². The van der Waals surface area contributed by atoms with Crippen LogP contribution < -0.4 is 15.9 Å². The quantitative estimate of drug-likeness (QED) is 0.362. The van der Waals surface area contributed by atoms with Crippen LogP contribution in [0.15, 0.2) is 58.1 Å². The highest BCUT2D eigenvalue weighted by molar-refractivity contribution is 6.29. The van der Waals surface area contributed by atoms with Crippen LogP contribution in [-0.4, -0.2) is 25.5 Å². The minimum absolute atomic E-state index is 0.0864. The lowest BCUT2D eigenvalue weighted by atomic mass is 10.0. The molecule has 1 amide bonds. The molecule has 9 nitrogen and oxygen atoms in total. The van der Waals surface area contributed by atoms with Gasteiger partial charge in [0.05, 0.1) is 17.1 Å². The Morgan fingerprint density at radius 2 is 2.06 bits per heavy atom. The number of halogens is 1. The molecular formula is C25H20ClN5O4. The molecule has 10 heteroatoms. The molecule has 0 aliphatic heterocycles. The molecule has 0 spiro atoms. The number of nitrogens with zero attached hydrogens (tertiary/aromatic N) is 4. The number of rotatable bonds is 5. The summed E-state index contributed by atoms with van der Waals surface area (Å²) in [6, 6.07) is 8.45. The fourth-order valence-corrected chi connectivity index (χ4v) is 4.21. The number of amides is 1. The van der Waals surface area contributed by atoms with Gasteiger partial charge in [-0.3, -0.25) is 9.59 Å². The maximum Gasteiger partial charge on any atom is 0.271 e. The lowest BCUT2D eigenvalue weighted by Crippen LogP contribution is -2.17. The first kappa shape index (κ1) is 22.5. The first-order valence-electron chi connectivity index (χ1n) is 10.7. The number of nitrogens with two attached hydrogens (primary N) is 1. The zero-order valence-corrected chi connectivity index (χ0v) is 19.8. The van der Waals surface area contributed by atoms with Crippen molar-refractivity contribution >= 4 is 34.1 Å². The summed E-state index contributed by atoms with van der Waals surface area (Å²) in [4.78, 5) is 33.6. The second-order valence-electron chi connectivity index (χ2n) is 8.17. The van der Waals surface area contributed by atoms with Crippen molar-refractivity contribution in [3.05, 3.63) is 86.7 Å². The van der Waals surface area contributed by atoms with Crippen LogP contribution in [0.25, 0.3) is 27.9 Å². The van der Waals surface area contributed by atoms with Crippen molar-refractivity contribution in [1.29, 1.82) is 0 Å². The number of fused-ring (bicyclic) bond motifs is 2. The first-order chi connectivity index (χ1) is 16.7. The van der Waals surface area contributed by atoms with Gasteiger partial charge in [-0.1, -0.05) is 11.6 Å². The van der Waals surface area contributed by atoms with Crippen molar-refractivity contribution in [2.45, 2.75) is 26.9 Å². The molecule has 1 aromatic carbocycles. The van der Waals surface area contributed by atoms with Crippen LogP contribution in [0.3, 0.4) is 0 Å². The Morgan fingerprint density at radius 3 is 2.83 bits per heavy atom. The predicted molar refractivity (Wildman–Crippen MR) is 131 cm³/mol. The normalized spacial score (nSPS) is 12.2. The van der Waals surface area contributed by atoms with E-state index in [-0.39, 0.29) is 22.0 Å². The number of primary amides is 1. The molecule has 4 heterocycles. The van der Waals surface area contributed by atoms with E-state index in [1.807, 2.05) is 13.0 Å². The third-order valence-electron chi connectivity index (χ3n) is 5.72. The van der Waals surface area contributed by atoms with Crippen LogP contribution in [0.4, 0.5) is 0 Å². The Labute approximate surface area is 204 Å². The third kappa shape index (κ3) is 3.89. The predicted octanol–water partition coefficient (Wildman–Crippen LogP) is 4.41. The number of aromatic nitrogens is 4. The van der Waals surface area contributed by atoms with Crippen molar-refractivity contribution in [3.8, 4) is 17.1 Å². The molecule has 0 aliphatic rings. The van der Waals surface area contributed by atoms with Gasteiger partial charge in [-0.15, -0.1) is 0 Å². The van der Waals surface area contributed by atoms with Crippen LogP contribution in [0.5, 0.6) is 5.75 Å². The maximum atomic E-state index is 13.4. The second-order valence-corrected chi connectivity index (χ2v) is 8.55. The van der Waals surface area contributed by atoms with E-state index in [4.69, 9.17) is 26.5 Å². The zero-order valence-electron chi connectivity index (χ0n) is 19.1. The average molecular weight is 490 g/mol. The summed E-state index contributed by atoms with van der Waals surface area (Å²) >= 11 is 5.92. The van der Waals surface area contributed by atoms with Gasteiger partial charge in [0.1, 0.15) is 22.6 Å². The summed E-state index contributed by atoms with van der Waals surface area (Å²) in [5.74, 6) is -0.223. The van der Waals surface area contributed by atoms with E-state index in [2.05, 4.69) is 15.1 Å². The van der Waals surface area contributed by atoms with Gasteiger partial charge >= 0.3 is 0 Å². The Kier molecular flexibility index (Phi) is 5.49. The number of hydrogen-bond donors (Lipinski definition) is 1. The minimum Gasteiger partial charge on any atom is -0.483 e. The molecule has 0 aliphatic carbocycles. The van der Waals surface area contributed by atoms with Gasteiger partial charge in [0.25, 0.3) is 5.91 Å². The molecule has 0 saturated carbocycles. The van der Waals surface area contributed by atoms with E-state index in [1.54, 1.807) is 49.1 Å². The fraction of sp³-hybridized carbons (Fsp3) is 0.160. The number of carbonyl (C=O) groups excluding carboxylic acids is 1. The molecule has 0 bridgehead atoms. The van der Waals surface area contributed by atoms with Crippen molar-refractivity contribution < 1.29 is 13.9 Å². The van der Waals surface area contributed by atoms with Gasteiger partial charge in [-0.25, -0.2) is 14.5 Å². The SMILES string of the molecule is Cc1cc([C@@H](C)Oc2ccc(Cl)nc2C(N)=O)c2oc(-c3cnn4cccnc34)c(C)c(=O)c2c1. The molecular weight excluding hydrogens is 470 g/mol. The number of carbonyl (C=O) groups is 1. The second kappa shape index (κ2) is 8.52. The van der Waals surface area contributed by atoms with Gasteiger partial charge in [0.15, 0.2) is 22.5 Å². The lowest BCUT2D eigenvalue weighted by Gasteiger charge is -2.19. The van der Waals surface area contributed by atoms with Crippen LogP contribution in [-0.2, 0) is 0 Å². The van der Waals surface area contributed by atoms with Crippen molar-refractivity contribution in [2.75, 3.05) is 0 Å². The summed E-state index contributed by atoms with van der Waals surface area (Å²) in [7, 11) is 0. The van der Waals surface area contributed by atoms with Crippen molar-refractivity contribution in [1.82, 2.24) is 19.6 Å². The van der Waals surface area contributed by atoms with E-state index >= 15 is 0 Å². The third-order valence-corrected chi connectivity index (χ3v) is 5.93. The molecule has 35 heavy (non-hydrogen) atoms. The number of hydrogen-bond acceptors (Lipinski definition) is 7. The number of benzene rings is 1. The van der Waals surface area contributed by atoms with E-state index < -0.39 is 12.0 Å². The van der Waals surface area contributed by atoms with Gasteiger partial charge in [-0.05, 0) is 56.7 Å². The van der Waals surface area contributed by atoms with Gasteiger partial charge < -0.3 is 14.9 Å². The molecule has 5 aromatic rings. The van der Waals surface area contributed by atoms with Crippen molar-refractivity contribution in [2.24, 2.45) is 5.73 Å². The molecule has 0 saturated heterocycles. The zero-order chi connectivity index (χ0) is 24.9. The van der Waals surface area contributed by atoms with E-state index in [1.165, 1.54) is 12.1 Å². The monoisotopic (exact) mass is 489 g/mol. The Bertz CT molecular complexity index is 1690. The van der Waals surface area contributed by atoms with Crippen LogP contribution >= 0.6 is 11.6 Å². The Hall–Kier alpha value is -4.24. The average Bonchev–Trinajstić information content (AvgIpc) is 3.26. The van der Waals surface area contributed by atoms with Crippen molar-refractivity contribution in [3.63, 3.8) is 0 Å². The largest absolute Gasteiger partial charge is 0.483 e. The Morgan fingerprint density at radius 1 is 1.26 bits per heavy atom. The van der Waals surface area contributed by atoms with Crippen LogP contribution in [0, 0.1) is 13.8 Å². The molecule has 5 rings (SSSR count). The highest BCUT2D eigenvalue weighted by atomic mass is 35.5.